The summed E-state index contributed by atoms with van der Waals surface area (Å²) in [5.41, 5.74) is 0.919. The van der Waals surface area contributed by atoms with E-state index in [9.17, 15) is 28.1 Å². The predicted octanol–water partition coefficient (Wildman–Crippen LogP) is 5.03. The van der Waals surface area contributed by atoms with Gasteiger partial charge in [-0.1, -0.05) is 19.1 Å². The number of furan rings is 1. The molecule has 4 aromatic rings. The van der Waals surface area contributed by atoms with Gasteiger partial charge < -0.3 is 9.15 Å². The van der Waals surface area contributed by atoms with E-state index in [1.54, 1.807) is 19.1 Å². The number of nitro groups is 1. The molecule has 0 N–H and O–H groups in total. The number of fused-ring (bicyclic) bond motifs is 1. The van der Waals surface area contributed by atoms with E-state index in [2.05, 4.69) is 0 Å². The fraction of sp³-hybridized carbons (Fsp3) is 0.154. The van der Waals surface area contributed by atoms with E-state index < -0.39 is 26.8 Å². The highest BCUT2D eigenvalue weighted by molar-refractivity contribution is 7.93. The van der Waals surface area contributed by atoms with Gasteiger partial charge in [-0.05, 0) is 61.4 Å². The minimum atomic E-state index is -4.45. The van der Waals surface area contributed by atoms with E-state index in [0.29, 0.717) is 16.3 Å². The molecule has 0 saturated heterocycles. The molecular formula is C26H22N2O8S. The van der Waals surface area contributed by atoms with E-state index in [1.807, 2.05) is 6.92 Å². The molecule has 1 amide bonds. The quantitative estimate of drug-likeness (QED) is 0.187. The average Bonchev–Trinajstić information content (AvgIpc) is 3.23. The zero-order valence-corrected chi connectivity index (χ0v) is 20.9. The van der Waals surface area contributed by atoms with Crippen LogP contribution >= 0.6 is 0 Å². The van der Waals surface area contributed by atoms with Crippen LogP contribution in [0.5, 0.6) is 0 Å². The zero-order chi connectivity index (χ0) is 26.9. The van der Waals surface area contributed by atoms with Gasteiger partial charge in [-0.15, -0.1) is 0 Å². The molecule has 0 aliphatic rings. The third-order valence-electron chi connectivity index (χ3n) is 5.85. The number of anilines is 1. The number of amides is 1. The van der Waals surface area contributed by atoms with Crippen LogP contribution in [0, 0.1) is 17.0 Å². The number of hydrogen-bond donors (Lipinski definition) is 0. The summed E-state index contributed by atoms with van der Waals surface area (Å²) >= 11 is 0. The first-order valence-corrected chi connectivity index (χ1v) is 12.6. The summed E-state index contributed by atoms with van der Waals surface area (Å²) in [7, 11) is -3.24. The highest BCUT2D eigenvalue weighted by Crippen LogP contribution is 2.33. The standard InChI is InChI=1S/C26H22N2O8S/c1-4-17-5-12-21(13-6-17)37(33,34)27(25(29)18-7-9-19(10-8-18)28(31)32)20-11-14-23-22(15-20)24(16(2)36-23)26(30)35-3/h5-15H,4H2,1-3H3. The number of ether oxygens (including phenoxy) is 1. The summed E-state index contributed by atoms with van der Waals surface area (Å²) in [6, 6.07) is 14.9. The third kappa shape index (κ3) is 4.68. The summed E-state index contributed by atoms with van der Waals surface area (Å²) < 4.78 is 38.7. The van der Waals surface area contributed by atoms with Gasteiger partial charge in [-0.2, -0.15) is 4.31 Å². The number of nitro benzene ring substituents is 1. The maximum atomic E-state index is 13.8. The Morgan fingerprint density at radius 3 is 2.24 bits per heavy atom. The molecule has 4 rings (SSSR count). The van der Waals surface area contributed by atoms with Crippen LogP contribution in [0.3, 0.4) is 0 Å². The molecular weight excluding hydrogens is 500 g/mol. The topological polar surface area (TPSA) is 137 Å². The van der Waals surface area contributed by atoms with Crippen LogP contribution in [0.25, 0.3) is 11.0 Å². The average molecular weight is 523 g/mol. The van der Waals surface area contributed by atoms with Crippen molar-refractivity contribution in [2.24, 2.45) is 0 Å². The van der Waals surface area contributed by atoms with Gasteiger partial charge in [0.2, 0.25) is 0 Å². The van der Waals surface area contributed by atoms with E-state index in [0.717, 1.165) is 17.7 Å². The monoisotopic (exact) mass is 522 g/mol. The van der Waals surface area contributed by atoms with Gasteiger partial charge in [0.05, 0.1) is 22.6 Å². The number of benzene rings is 3. The molecule has 1 aromatic heterocycles. The highest BCUT2D eigenvalue weighted by Gasteiger charge is 2.33. The zero-order valence-electron chi connectivity index (χ0n) is 20.1. The Bertz CT molecular complexity index is 1620. The van der Waals surface area contributed by atoms with Crippen molar-refractivity contribution in [2.45, 2.75) is 25.2 Å². The summed E-state index contributed by atoms with van der Waals surface area (Å²) in [6.07, 6.45) is 0.693. The first kappa shape index (κ1) is 25.6. The lowest BCUT2D eigenvalue weighted by Gasteiger charge is -2.23. The van der Waals surface area contributed by atoms with Crippen molar-refractivity contribution in [3.8, 4) is 0 Å². The smallest absolute Gasteiger partial charge is 0.342 e. The Morgan fingerprint density at radius 1 is 1.03 bits per heavy atom. The van der Waals surface area contributed by atoms with Crippen LogP contribution < -0.4 is 4.31 Å². The maximum absolute atomic E-state index is 13.8. The molecule has 0 fully saturated rings. The molecule has 0 aliphatic heterocycles. The number of sulfonamides is 1. The fourth-order valence-electron chi connectivity index (χ4n) is 3.90. The lowest BCUT2D eigenvalue weighted by molar-refractivity contribution is -0.384. The van der Waals surface area contributed by atoms with Crippen molar-refractivity contribution in [2.75, 3.05) is 11.4 Å². The van der Waals surface area contributed by atoms with Crippen LogP contribution in [0.2, 0.25) is 0 Å². The molecule has 0 bridgehead atoms. The minimum absolute atomic E-state index is 0.0543. The molecule has 0 aliphatic carbocycles. The molecule has 37 heavy (non-hydrogen) atoms. The lowest BCUT2D eigenvalue weighted by Crippen LogP contribution is -2.37. The second-order valence-corrected chi connectivity index (χ2v) is 9.87. The van der Waals surface area contributed by atoms with E-state index in [1.165, 1.54) is 49.6 Å². The van der Waals surface area contributed by atoms with Crippen molar-refractivity contribution in [3.63, 3.8) is 0 Å². The first-order chi connectivity index (χ1) is 17.6. The van der Waals surface area contributed by atoms with Gasteiger partial charge in [0.25, 0.3) is 21.6 Å². The molecule has 1 heterocycles. The Kier molecular flexibility index (Phi) is 6.82. The highest BCUT2D eigenvalue weighted by atomic mass is 32.2. The largest absolute Gasteiger partial charge is 0.465 e. The molecule has 190 valence electrons. The van der Waals surface area contributed by atoms with Crippen molar-refractivity contribution in [1.29, 1.82) is 0 Å². The number of rotatable bonds is 7. The number of methoxy groups -OCH3 is 1. The predicted molar refractivity (Wildman–Crippen MR) is 135 cm³/mol. The van der Waals surface area contributed by atoms with Crippen LogP contribution in [-0.4, -0.2) is 32.3 Å². The second-order valence-electron chi connectivity index (χ2n) is 8.08. The SMILES string of the molecule is CCc1ccc(S(=O)(=O)N(C(=O)c2ccc([N+](=O)[O-])cc2)c2ccc3oc(C)c(C(=O)OC)c3c2)cc1. The van der Waals surface area contributed by atoms with Gasteiger partial charge in [0.1, 0.15) is 16.9 Å². The Labute approximate surface area is 212 Å². The fourth-order valence-corrected chi connectivity index (χ4v) is 5.31. The van der Waals surface area contributed by atoms with E-state index in [-0.39, 0.29) is 38.5 Å². The number of esters is 1. The van der Waals surface area contributed by atoms with Gasteiger partial charge in [0, 0.05) is 23.1 Å². The summed E-state index contributed by atoms with van der Waals surface area (Å²) in [5.74, 6) is -1.35. The van der Waals surface area contributed by atoms with Crippen molar-refractivity contribution in [3.05, 3.63) is 99.3 Å². The number of aryl methyl sites for hydroxylation is 2. The Balaban J connectivity index is 1.92. The van der Waals surface area contributed by atoms with Crippen LogP contribution in [0.15, 0.2) is 76.0 Å². The van der Waals surface area contributed by atoms with Gasteiger partial charge >= 0.3 is 5.97 Å². The van der Waals surface area contributed by atoms with Gasteiger partial charge in [-0.3, -0.25) is 14.9 Å². The molecule has 0 unspecified atom stereocenters. The van der Waals surface area contributed by atoms with Crippen molar-refractivity contribution >= 4 is 44.2 Å². The summed E-state index contributed by atoms with van der Waals surface area (Å²) in [5, 5.41) is 11.3. The molecule has 10 nitrogen and oxygen atoms in total. The maximum Gasteiger partial charge on any atom is 0.342 e. The third-order valence-corrected chi connectivity index (χ3v) is 7.58. The molecule has 3 aromatic carbocycles. The lowest BCUT2D eigenvalue weighted by atomic mass is 10.1. The molecule has 0 spiro atoms. The number of carbonyl (C=O) groups excluding carboxylic acids is 2. The first-order valence-electron chi connectivity index (χ1n) is 11.1. The van der Waals surface area contributed by atoms with Crippen LogP contribution in [0.1, 0.15) is 39.0 Å². The Morgan fingerprint density at radius 2 is 1.68 bits per heavy atom. The minimum Gasteiger partial charge on any atom is -0.465 e. The van der Waals surface area contributed by atoms with E-state index in [4.69, 9.17) is 9.15 Å². The summed E-state index contributed by atoms with van der Waals surface area (Å²) in [6.45, 7) is 3.49. The van der Waals surface area contributed by atoms with Gasteiger partial charge in [0.15, 0.2) is 0 Å². The second kappa shape index (κ2) is 9.86. The number of hydrogen-bond acceptors (Lipinski definition) is 8. The van der Waals surface area contributed by atoms with Gasteiger partial charge in [-0.25, -0.2) is 13.2 Å². The summed E-state index contributed by atoms with van der Waals surface area (Å²) in [4.78, 5) is 36.3. The van der Waals surface area contributed by atoms with E-state index >= 15 is 0 Å². The van der Waals surface area contributed by atoms with Crippen molar-refractivity contribution < 1.29 is 32.1 Å². The number of nitrogens with zero attached hydrogens (tertiary/aromatic N) is 2. The van der Waals surface area contributed by atoms with Crippen LogP contribution in [0.4, 0.5) is 11.4 Å². The number of carbonyl (C=O) groups is 2. The van der Waals surface area contributed by atoms with Crippen molar-refractivity contribution in [1.82, 2.24) is 0 Å². The molecule has 0 radical (unpaired) electrons. The molecule has 0 atom stereocenters. The molecule has 0 saturated carbocycles. The molecule has 11 heteroatoms. The normalized spacial score (nSPS) is 11.3. The number of non-ortho nitro benzene ring substituents is 1. The Hall–Kier alpha value is -4.51. The van der Waals surface area contributed by atoms with Crippen LogP contribution in [-0.2, 0) is 21.2 Å².